The van der Waals surface area contributed by atoms with E-state index in [2.05, 4.69) is 4.90 Å². The van der Waals surface area contributed by atoms with Crippen LogP contribution in [0.15, 0.2) is 29.2 Å². The Labute approximate surface area is 120 Å². The monoisotopic (exact) mass is 298 g/mol. The minimum absolute atomic E-state index is 0.155. The molecule has 2 rings (SSSR count). The number of likely N-dealkylation sites (N-methyl/N-ethyl adjacent to an activating group) is 1. The van der Waals surface area contributed by atoms with E-state index in [-0.39, 0.29) is 17.0 Å². The van der Waals surface area contributed by atoms with Crippen molar-refractivity contribution in [1.29, 1.82) is 0 Å². The zero-order valence-electron chi connectivity index (χ0n) is 12.2. The predicted molar refractivity (Wildman–Crippen MR) is 77.8 cm³/mol. The number of piperazine rings is 1. The summed E-state index contributed by atoms with van der Waals surface area (Å²) in [5.74, 6) is 0. The third kappa shape index (κ3) is 2.88. The Morgan fingerprint density at radius 1 is 1.30 bits per heavy atom. The lowest BCUT2D eigenvalue weighted by molar-refractivity contribution is 0.0801. The second kappa shape index (κ2) is 5.44. The fourth-order valence-corrected chi connectivity index (χ4v) is 4.01. The lowest BCUT2D eigenvalue weighted by atomic mass is 10.0. The van der Waals surface area contributed by atoms with Gasteiger partial charge >= 0.3 is 0 Å². The SMILES string of the molecule is CN1CCN(S(=O)(=O)c2cccc(CO)c2)CC1(C)C. The van der Waals surface area contributed by atoms with Gasteiger partial charge in [-0.1, -0.05) is 12.1 Å². The van der Waals surface area contributed by atoms with Crippen LogP contribution in [0.4, 0.5) is 0 Å². The van der Waals surface area contributed by atoms with Crippen LogP contribution in [-0.4, -0.2) is 55.0 Å². The molecule has 0 amide bonds. The summed E-state index contributed by atoms with van der Waals surface area (Å²) in [5, 5.41) is 9.14. The molecule has 0 bridgehead atoms. The lowest BCUT2D eigenvalue weighted by Crippen LogP contribution is -2.58. The van der Waals surface area contributed by atoms with Crippen molar-refractivity contribution >= 4 is 10.0 Å². The quantitative estimate of drug-likeness (QED) is 0.900. The molecule has 112 valence electrons. The zero-order valence-corrected chi connectivity index (χ0v) is 13.0. The minimum atomic E-state index is -3.49. The summed E-state index contributed by atoms with van der Waals surface area (Å²) in [6.07, 6.45) is 0. The number of aliphatic hydroxyl groups excluding tert-OH is 1. The van der Waals surface area contributed by atoms with Crippen molar-refractivity contribution < 1.29 is 13.5 Å². The molecular formula is C14H22N2O3S. The summed E-state index contributed by atoms with van der Waals surface area (Å²) in [6, 6.07) is 6.51. The van der Waals surface area contributed by atoms with Gasteiger partial charge in [-0.25, -0.2) is 8.42 Å². The molecule has 20 heavy (non-hydrogen) atoms. The minimum Gasteiger partial charge on any atom is -0.392 e. The number of rotatable bonds is 3. The molecule has 0 spiro atoms. The Hall–Kier alpha value is -0.950. The molecule has 1 aromatic carbocycles. The first kappa shape index (κ1) is 15.4. The van der Waals surface area contributed by atoms with Crippen molar-refractivity contribution in [3.63, 3.8) is 0 Å². The predicted octanol–water partition coefficient (Wildman–Crippen LogP) is 0.894. The van der Waals surface area contributed by atoms with Crippen LogP contribution in [0.5, 0.6) is 0 Å². The van der Waals surface area contributed by atoms with Crippen molar-refractivity contribution in [2.45, 2.75) is 30.9 Å². The van der Waals surface area contributed by atoms with Crippen LogP contribution in [0.1, 0.15) is 19.4 Å². The maximum Gasteiger partial charge on any atom is 0.243 e. The maximum atomic E-state index is 12.7. The highest BCUT2D eigenvalue weighted by Crippen LogP contribution is 2.25. The molecular weight excluding hydrogens is 276 g/mol. The third-order valence-electron chi connectivity index (χ3n) is 4.00. The van der Waals surface area contributed by atoms with Gasteiger partial charge in [0.25, 0.3) is 0 Å². The fourth-order valence-electron chi connectivity index (χ4n) is 2.35. The maximum absolute atomic E-state index is 12.7. The fraction of sp³-hybridized carbons (Fsp3) is 0.571. The molecule has 1 heterocycles. The van der Waals surface area contributed by atoms with Gasteiger partial charge in [0.15, 0.2) is 0 Å². The van der Waals surface area contributed by atoms with E-state index in [0.29, 0.717) is 25.2 Å². The van der Waals surface area contributed by atoms with Crippen molar-refractivity contribution in [3.8, 4) is 0 Å². The zero-order chi connectivity index (χ0) is 15.0. The summed E-state index contributed by atoms with van der Waals surface area (Å²) in [4.78, 5) is 2.42. The molecule has 1 fully saturated rings. The Balaban J connectivity index is 2.31. The second-order valence-electron chi connectivity index (χ2n) is 5.88. The van der Waals surface area contributed by atoms with Gasteiger partial charge in [-0.15, -0.1) is 0 Å². The van der Waals surface area contributed by atoms with Crippen LogP contribution in [0.25, 0.3) is 0 Å². The number of nitrogens with zero attached hydrogens (tertiary/aromatic N) is 2. The summed E-state index contributed by atoms with van der Waals surface area (Å²) in [7, 11) is -1.48. The molecule has 6 heteroatoms. The highest BCUT2D eigenvalue weighted by Gasteiger charge is 2.37. The van der Waals surface area contributed by atoms with Gasteiger partial charge in [-0.05, 0) is 38.6 Å². The Kier molecular flexibility index (Phi) is 4.20. The topological polar surface area (TPSA) is 60.9 Å². The molecule has 0 atom stereocenters. The summed E-state index contributed by atoms with van der Waals surface area (Å²) < 4.78 is 26.9. The summed E-state index contributed by atoms with van der Waals surface area (Å²) in [5.41, 5.74) is 0.430. The molecule has 0 radical (unpaired) electrons. The van der Waals surface area contributed by atoms with Crippen LogP contribution >= 0.6 is 0 Å². The smallest absolute Gasteiger partial charge is 0.243 e. The van der Waals surface area contributed by atoms with Crippen LogP contribution < -0.4 is 0 Å². The van der Waals surface area contributed by atoms with Gasteiger partial charge in [-0.2, -0.15) is 4.31 Å². The van der Waals surface area contributed by atoms with E-state index in [9.17, 15) is 8.42 Å². The first-order valence-electron chi connectivity index (χ1n) is 6.68. The molecule has 1 aliphatic heterocycles. The second-order valence-corrected chi connectivity index (χ2v) is 7.82. The molecule has 0 aromatic heterocycles. The largest absolute Gasteiger partial charge is 0.392 e. The van der Waals surface area contributed by atoms with E-state index in [1.165, 1.54) is 4.31 Å². The summed E-state index contributed by atoms with van der Waals surface area (Å²) >= 11 is 0. The van der Waals surface area contributed by atoms with E-state index in [4.69, 9.17) is 5.11 Å². The normalized spacial score (nSPS) is 21.0. The third-order valence-corrected chi connectivity index (χ3v) is 5.84. The standard InChI is InChI=1S/C14H22N2O3S/c1-14(2)11-16(8-7-15(14)3)20(18,19)13-6-4-5-12(9-13)10-17/h4-6,9,17H,7-8,10-11H2,1-3H3. The van der Waals surface area contributed by atoms with Gasteiger partial charge in [0.1, 0.15) is 0 Å². The average molecular weight is 298 g/mol. The Bertz CT molecular complexity index is 584. The van der Waals surface area contributed by atoms with E-state index < -0.39 is 10.0 Å². The van der Waals surface area contributed by atoms with Gasteiger partial charge in [-0.3, -0.25) is 4.90 Å². The molecule has 0 unspecified atom stereocenters. The van der Waals surface area contributed by atoms with Crippen molar-refractivity contribution in [3.05, 3.63) is 29.8 Å². The van der Waals surface area contributed by atoms with Gasteiger partial charge in [0, 0.05) is 25.2 Å². The first-order chi connectivity index (χ1) is 9.27. The van der Waals surface area contributed by atoms with Crippen LogP contribution in [0.3, 0.4) is 0 Å². The molecule has 1 aromatic rings. The van der Waals surface area contributed by atoms with Crippen molar-refractivity contribution in [2.75, 3.05) is 26.7 Å². The Morgan fingerprint density at radius 3 is 2.60 bits per heavy atom. The molecule has 0 saturated carbocycles. The number of aliphatic hydroxyl groups is 1. The highest BCUT2D eigenvalue weighted by molar-refractivity contribution is 7.89. The van der Waals surface area contributed by atoms with Crippen LogP contribution in [0.2, 0.25) is 0 Å². The molecule has 0 aliphatic carbocycles. The van der Waals surface area contributed by atoms with Crippen molar-refractivity contribution in [2.24, 2.45) is 0 Å². The molecule has 1 saturated heterocycles. The molecule has 5 nitrogen and oxygen atoms in total. The number of sulfonamides is 1. The number of hydrogen-bond donors (Lipinski definition) is 1. The van der Waals surface area contributed by atoms with E-state index in [1.54, 1.807) is 24.3 Å². The number of benzene rings is 1. The van der Waals surface area contributed by atoms with E-state index in [0.717, 1.165) is 0 Å². The highest BCUT2D eigenvalue weighted by atomic mass is 32.2. The molecule has 1 aliphatic rings. The Morgan fingerprint density at radius 2 is 2.00 bits per heavy atom. The average Bonchev–Trinajstić information content (AvgIpc) is 2.41. The lowest BCUT2D eigenvalue weighted by Gasteiger charge is -2.44. The van der Waals surface area contributed by atoms with E-state index >= 15 is 0 Å². The van der Waals surface area contributed by atoms with Gasteiger partial charge < -0.3 is 5.11 Å². The van der Waals surface area contributed by atoms with Crippen molar-refractivity contribution in [1.82, 2.24) is 9.21 Å². The summed E-state index contributed by atoms with van der Waals surface area (Å²) in [6.45, 7) is 5.60. The first-order valence-corrected chi connectivity index (χ1v) is 8.12. The van der Waals surface area contributed by atoms with Crippen LogP contribution in [0, 0.1) is 0 Å². The van der Waals surface area contributed by atoms with Crippen LogP contribution in [-0.2, 0) is 16.6 Å². The molecule has 1 N–H and O–H groups in total. The number of hydrogen-bond acceptors (Lipinski definition) is 4. The van der Waals surface area contributed by atoms with Gasteiger partial charge in [0.05, 0.1) is 11.5 Å². The van der Waals surface area contributed by atoms with E-state index in [1.807, 2.05) is 20.9 Å². The van der Waals surface area contributed by atoms with Gasteiger partial charge in [0.2, 0.25) is 10.0 Å².